The third kappa shape index (κ3) is 2.65. The first-order chi connectivity index (χ1) is 9.08. The van der Waals surface area contributed by atoms with E-state index in [-0.39, 0.29) is 42.6 Å². The van der Waals surface area contributed by atoms with Gasteiger partial charge in [-0.15, -0.1) is 0 Å². The van der Waals surface area contributed by atoms with Crippen LogP contribution in [0.3, 0.4) is 0 Å². The van der Waals surface area contributed by atoms with Gasteiger partial charge in [-0.1, -0.05) is 13.3 Å². The molecule has 0 radical (unpaired) electrons. The Morgan fingerprint density at radius 3 is 2.26 bits per heavy atom. The van der Waals surface area contributed by atoms with E-state index in [9.17, 15) is 14.4 Å². The minimum absolute atomic E-state index is 0.0877. The van der Waals surface area contributed by atoms with Gasteiger partial charge < -0.3 is 4.74 Å². The highest BCUT2D eigenvalue weighted by atomic mass is 16.5. The van der Waals surface area contributed by atoms with Crippen molar-refractivity contribution < 1.29 is 19.1 Å². The maximum atomic E-state index is 12.2. The predicted octanol–water partition coefficient (Wildman–Crippen LogP) is 1.36. The number of ether oxygens (including phenoxy) is 1. The van der Waals surface area contributed by atoms with Gasteiger partial charge in [-0.25, -0.2) is 0 Å². The number of carbonyl (C=O) groups is 3. The molecule has 2 aliphatic rings. The van der Waals surface area contributed by atoms with Crippen LogP contribution in [0.2, 0.25) is 0 Å². The predicted molar refractivity (Wildman–Crippen MR) is 68.0 cm³/mol. The number of fused-ring (bicyclic) bond motifs is 1. The Bertz CT molecular complexity index is 369. The van der Waals surface area contributed by atoms with Gasteiger partial charge in [-0.3, -0.25) is 19.3 Å². The van der Waals surface area contributed by atoms with Gasteiger partial charge >= 0.3 is 5.97 Å². The number of rotatable bonds is 5. The molecule has 1 heterocycles. The SMILES string of the molecule is CCOC(=O)CCN1C(=O)C2CC(CC)CC2C1=O. The molecule has 19 heavy (non-hydrogen) atoms. The molecule has 5 heteroatoms. The Labute approximate surface area is 113 Å². The molecule has 106 valence electrons. The monoisotopic (exact) mass is 267 g/mol. The van der Waals surface area contributed by atoms with E-state index < -0.39 is 0 Å². The van der Waals surface area contributed by atoms with Crippen molar-refractivity contribution in [3.8, 4) is 0 Å². The number of hydrogen-bond acceptors (Lipinski definition) is 4. The topological polar surface area (TPSA) is 63.7 Å². The van der Waals surface area contributed by atoms with Gasteiger partial charge in [0.15, 0.2) is 0 Å². The summed E-state index contributed by atoms with van der Waals surface area (Å²) in [6.45, 7) is 4.32. The largest absolute Gasteiger partial charge is 0.466 e. The van der Waals surface area contributed by atoms with Crippen LogP contribution in [0.4, 0.5) is 0 Å². The van der Waals surface area contributed by atoms with Crippen molar-refractivity contribution in [2.75, 3.05) is 13.2 Å². The van der Waals surface area contributed by atoms with Crippen molar-refractivity contribution in [2.45, 2.75) is 39.5 Å². The average Bonchev–Trinajstić information content (AvgIpc) is 2.90. The molecule has 0 N–H and O–H groups in total. The summed E-state index contributed by atoms with van der Waals surface area (Å²) < 4.78 is 4.81. The molecule has 2 rings (SSSR count). The Morgan fingerprint density at radius 1 is 1.21 bits per heavy atom. The molecule has 0 spiro atoms. The summed E-state index contributed by atoms with van der Waals surface area (Å²) in [4.78, 5) is 36.9. The molecule has 5 nitrogen and oxygen atoms in total. The van der Waals surface area contributed by atoms with Gasteiger partial charge in [0, 0.05) is 6.54 Å². The summed E-state index contributed by atoms with van der Waals surface area (Å²) in [5, 5.41) is 0. The second-order valence-electron chi connectivity index (χ2n) is 5.34. The van der Waals surface area contributed by atoms with E-state index in [1.165, 1.54) is 4.90 Å². The van der Waals surface area contributed by atoms with Gasteiger partial charge in [-0.2, -0.15) is 0 Å². The van der Waals surface area contributed by atoms with E-state index in [0.29, 0.717) is 12.5 Å². The normalized spacial score (nSPS) is 29.8. The number of likely N-dealkylation sites (tertiary alicyclic amines) is 1. The maximum absolute atomic E-state index is 12.2. The lowest BCUT2D eigenvalue weighted by atomic mass is 10.00. The number of nitrogens with zero attached hydrogens (tertiary/aromatic N) is 1. The first-order valence-corrected chi connectivity index (χ1v) is 7.09. The zero-order chi connectivity index (χ0) is 14.0. The van der Waals surface area contributed by atoms with Crippen molar-refractivity contribution in [3.05, 3.63) is 0 Å². The van der Waals surface area contributed by atoms with Crippen LogP contribution < -0.4 is 0 Å². The van der Waals surface area contributed by atoms with E-state index in [4.69, 9.17) is 4.74 Å². The van der Waals surface area contributed by atoms with Crippen LogP contribution in [-0.4, -0.2) is 35.8 Å². The molecular weight excluding hydrogens is 246 g/mol. The summed E-state index contributed by atoms with van der Waals surface area (Å²) in [5.74, 6) is -0.313. The smallest absolute Gasteiger partial charge is 0.307 e. The van der Waals surface area contributed by atoms with Crippen molar-refractivity contribution in [3.63, 3.8) is 0 Å². The fourth-order valence-electron chi connectivity index (χ4n) is 3.19. The van der Waals surface area contributed by atoms with Gasteiger partial charge in [0.1, 0.15) is 0 Å². The van der Waals surface area contributed by atoms with Gasteiger partial charge in [0.2, 0.25) is 11.8 Å². The fourth-order valence-corrected chi connectivity index (χ4v) is 3.19. The van der Waals surface area contributed by atoms with Crippen LogP contribution in [0.5, 0.6) is 0 Å². The van der Waals surface area contributed by atoms with E-state index in [1.54, 1.807) is 6.92 Å². The molecule has 0 bridgehead atoms. The Balaban J connectivity index is 1.93. The van der Waals surface area contributed by atoms with Crippen LogP contribution in [0.25, 0.3) is 0 Å². The molecule has 2 atom stereocenters. The lowest BCUT2D eigenvalue weighted by Crippen LogP contribution is -2.34. The first kappa shape index (κ1) is 14.0. The molecule has 1 saturated carbocycles. The van der Waals surface area contributed by atoms with Gasteiger partial charge in [0.25, 0.3) is 0 Å². The number of esters is 1. The summed E-state index contributed by atoms with van der Waals surface area (Å²) >= 11 is 0. The zero-order valence-corrected chi connectivity index (χ0v) is 11.6. The molecule has 0 aromatic heterocycles. The van der Waals surface area contributed by atoms with Crippen LogP contribution in [-0.2, 0) is 19.1 Å². The van der Waals surface area contributed by atoms with Gasteiger partial charge in [-0.05, 0) is 25.7 Å². The van der Waals surface area contributed by atoms with E-state index in [1.807, 2.05) is 0 Å². The molecule has 2 unspecified atom stereocenters. The Kier molecular flexibility index (Phi) is 4.22. The first-order valence-electron chi connectivity index (χ1n) is 7.09. The Morgan fingerprint density at radius 2 is 1.79 bits per heavy atom. The third-order valence-corrected chi connectivity index (χ3v) is 4.25. The quantitative estimate of drug-likeness (QED) is 0.557. The molecule has 1 aliphatic heterocycles. The van der Waals surface area contributed by atoms with Crippen molar-refractivity contribution in [1.82, 2.24) is 4.90 Å². The lowest BCUT2D eigenvalue weighted by molar-refractivity contribution is -0.145. The highest BCUT2D eigenvalue weighted by Gasteiger charge is 2.51. The van der Waals surface area contributed by atoms with Crippen LogP contribution in [0, 0.1) is 17.8 Å². The minimum Gasteiger partial charge on any atom is -0.466 e. The van der Waals surface area contributed by atoms with E-state index in [2.05, 4.69) is 6.92 Å². The Hall–Kier alpha value is -1.39. The molecule has 2 amide bonds. The van der Waals surface area contributed by atoms with Crippen molar-refractivity contribution >= 4 is 17.8 Å². The van der Waals surface area contributed by atoms with Crippen molar-refractivity contribution in [2.24, 2.45) is 17.8 Å². The number of imide groups is 1. The highest BCUT2D eigenvalue weighted by molar-refractivity contribution is 6.05. The summed E-state index contributed by atoms with van der Waals surface area (Å²) in [7, 11) is 0. The van der Waals surface area contributed by atoms with E-state index in [0.717, 1.165) is 19.3 Å². The maximum Gasteiger partial charge on any atom is 0.307 e. The summed E-state index contributed by atoms with van der Waals surface area (Å²) in [6.07, 6.45) is 2.77. The molecule has 1 aliphatic carbocycles. The minimum atomic E-state index is -0.355. The lowest BCUT2D eigenvalue weighted by Gasteiger charge is -2.16. The summed E-state index contributed by atoms with van der Waals surface area (Å²) in [5.41, 5.74) is 0. The van der Waals surface area contributed by atoms with Crippen LogP contribution in [0.1, 0.15) is 39.5 Å². The standard InChI is InChI=1S/C14H21NO4/c1-3-9-7-10-11(8-9)14(18)15(13(10)17)6-5-12(16)19-4-2/h9-11H,3-8H2,1-2H3. The average molecular weight is 267 g/mol. The molecule has 0 aromatic carbocycles. The van der Waals surface area contributed by atoms with Gasteiger partial charge in [0.05, 0.1) is 24.9 Å². The van der Waals surface area contributed by atoms with Crippen molar-refractivity contribution in [1.29, 1.82) is 0 Å². The third-order valence-electron chi connectivity index (χ3n) is 4.25. The molecule has 1 saturated heterocycles. The second kappa shape index (κ2) is 5.72. The fraction of sp³-hybridized carbons (Fsp3) is 0.786. The van der Waals surface area contributed by atoms with Crippen LogP contribution in [0.15, 0.2) is 0 Å². The zero-order valence-electron chi connectivity index (χ0n) is 11.6. The molecule has 2 fully saturated rings. The number of carbonyl (C=O) groups excluding carboxylic acids is 3. The molecular formula is C14H21NO4. The second-order valence-corrected chi connectivity index (χ2v) is 5.34. The number of hydrogen-bond donors (Lipinski definition) is 0. The van der Waals surface area contributed by atoms with Crippen LogP contribution >= 0.6 is 0 Å². The molecule has 0 aromatic rings. The summed E-state index contributed by atoms with van der Waals surface area (Å²) in [6, 6.07) is 0. The van der Waals surface area contributed by atoms with E-state index >= 15 is 0 Å². The highest BCUT2D eigenvalue weighted by Crippen LogP contribution is 2.44. The number of amides is 2.